The molecule has 3 aromatic rings. The van der Waals surface area contributed by atoms with E-state index in [0.29, 0.717) is 16.1 Å². The Balaban J connectivity index is 2.28. The van der Waals surface area contributed by atoms with Crippen LogP contribution in [0, 0.1) is 5.92 Å². The molecular formula is C15H15F3N4OS. The number of hydrogen-bond donors (Lipinski definition) is 1. The maximum Gasteiger partial charge on any atom is 0.452 e. The van der Waals surface area contributed by atoms with Crippen LogP contribution in [0.3, 0.4) is 0 Å². The topological polar surface area (TPSA) is 63.3 Å². The predicted octanol–water partition coefficient (Wildman–Crippen LogP) is 3.41. The molecule has 9 heteroatoms. The summed E-state index contributed by atoms with van der Waals surface area (Å²) in [6, 6.07) is 6.54. The molecule has 0 fully saturated rings. The summed E-state index contributed by atoms with van der Waals surface area (Å²) in [6.07, 6.45) is -4.63. The van der Waals surface area contributed by atoms with Crippen LogP contribution in [0.2, 0.25) is 0 Å². The fraction of sp³-hybridized carbons (Fsp3) is 0.400. The fourth-order valence-corrected chi connectivity index (χ4v) is 3.37. The number of fused-ring (bicyclic) bond motifs is 3. The number of aliphatic hydroxyl groups excluding tert-OH is 1. The Labute approximate surface area is 139 Å². The Morgan fingerprint density at radius 1 is 1.21 bits per heavy atom. The highest BCUT2D eigenvalue weighted by atomic mass is 32.2. The van der Waals surface area contributed by atoms with Crippen molar-refractivity contribution in [2.45, 2.75) is 30.3 Å². The predicted molar refractivity (Wildman–Crippen MR) is 84.9 cm³/mol. The van der Waals surface area contributed by atoms with Crippen LogP contribution in [-0.4, -0.2) is 36.5 Å². The van der Waals surface area contributed by atoms with E-state index in [1.807, 2.05) is 13.8 Å². The molecule has 0 bridgehead atoms. The van der Waals surface area contributed by atoms with E-state index >= 15 is 0 Å². The highest BCUT2D eigenvalue weighted by molar-refractivity contribution is 8.00. The third-order valence-corrected chi connectivity index (χ3v) is 5.13. The number of hydrogen-bond acceptors (Lipinski definition) is 5. The molecule has 2 aromatic heterocycles. The van der Waals surface area contributed by atoms with Crippen LogP contribution in [0.1, 0.15) is 19.7 Å². The van der Waals surface area contributed by atoms with Crippen molar-refractivity contribution in [3.63, 3.8) is 0 Å². The molecule has 1 aromatic carbocycles. The Bertz CT molecular complexity index is 878. The van der Waals surface area contributed by atoms with Gasteiger partial charge in [0, 0.05) is 5.25 Å². The van der Waals surface area contributed by atoms with Gasteiger partial charge >= 0.3 is 6.18 Å². The van der Waals surface area contributed by atoms with Gasteiger partial charge in [-0.25, -0.2) is 4.98 Å². The fourth-order valence-electron chi connectivity index (χ4n) is 2.35. The standard InChI is InChI=1S/C15H15F3N4OS/c1-8(2)11(7-23)24-13-12-20-21-14(15(16,17)18)22(12)10-6-4-3-5-9(10)19-13/h3-6,8,11,23H,7H2,1-2H3. The smallest absolute Gasteiger partial charge is 0.395 e. The molecule has 0 aliphatic heterocycles. The molecule has 0 aliphatic carbocycles. The summed E-state index contributed by atoms with van der Waals surface area (Å²) >= 11 is 1.21. The number of thioether (sulfide) groups is 1. The van der Waals surface area contributed by atoms with Crippen molar-refractivity contribution in [3.8, 4) is 0 Å². The molecule has 1 unspecified atom stereocenters. The van der Waals surface area contributed by atoms with Crippen molar-refractivity contribution in [2.75, 3.05) is 6.61 Å². The van der Waals surface area contributed by atoms with Crippen LogP contribution in [0.25, 0.3) is 16.7 Å². The van der Waals surface area contributed by atoms with E-state index in [0.717, 1.165) is 4.40 Å². The van der Waals surface area contributed by atoms with Crippen molar-refractivity contribution in [2.24, 2.45) is 5.92 Å². The van der Waals surface area contributed by atoms with Gasteiger partial charge in [-0.2, -0.15) is 13.2 Å². The molecule has 0 saturated heterocycles. The molecule has 0 radical (unpaired) electrons. The summed E-state index contributed by atoms with van der Waals surface area (Å²) < 4.78 is 40.8. The highest BCUT2D eigenvalue weighted by Gasteiger charge is 2.38. The number of nitrogens with zero attached hydrogens (tertiary/aromatic N) is 4. The minimum absolute atomic E-state index is 0.0464. The average Bonchev–Trinajstić information content (AvgIpc) is 2.97. The van der Waals surface area contributed by atoms with E-state index in [1.54, 1.807) is 24.3 Å². The van der Waals surface area contributed by atoms with Gasteiger partial charge in [-0.3, -0.25) is 4.40 Å². The van der Waals surface area contributed by atoms with E-state index in [2.05, 4.69) is 15.2 Å². The van der Waals surface area contributed by atoms with Gasteiger partial charge in [0.25, 0.3) is 0 Å². The third kappa shape index (κ3) is 2.93. The molecule has 0 spiro atoms. The Hall–Kier alpha value is -1.87. The Morgan fingerprint density at radius 3 is 2.54 bits per heavy atom. The number of alkyl halides is 3. The molecule has 0 aliphatic rings. The normalized spacial score (nSPS) is 14.0. The maximum atomic E-state index is 13.3. The number of para-hydroxylation sites is 2. The minimum Gasteiger partial charge on any atom is -0.395 e. The van der Waals surface area contributed by atoms with Crippen LogP contribution >= 0.6 is 11.8 Å². The van der Waals surface area contributed by atoms with E-state index < -0.39 is 12.0 Å². The van der Waals surface area contributed by atoms with Crippen LogP contribution in [0.15, 0.2) is 29.3 Å². The number of aliphatic hydroxyl groups is 1. The number of aromatic nitrogens is 4. The lowest BCUT2D eigenvalue weighted by atomic mass is 10.1. The lowest BCUT2D eigenvalue weighted by molar-refractivity contribution is -0.145. The summed E-state index contributed by atoms with van der Waals surface area (Å²) in [4.78, 5) is 4.43. The maximum absolute atomic E-state index is 13.3. The van der Waals surface area contributed by atoms with Gasteiger partial charge in [0.1, 0.15) is 5.03 Å². The Morgan fingerprint density at radius 2 is 1.92 bits per heavy atom. The van der Waals surface area contributed by atoms with E-state index in [9.17, 15) is 18.3 Å². The molecule has 5 nitrogen and oxygen atoms in total. The van der Waals surface area contributed by atoms with Crippen molar-refractivity contribution in [1.29, 1.82) is 0 Å². The molecular weight excluding hydrogens is 341 g/mol. The molecule has 128 valence electrons. The monoisotopic (exact) mass is 356 g/mol. The van der Waals surface area contributed by atoms with Crippen molar-refractivity contribution in [3.05, 3.63) is 30.1 Å². The van der Waals surface area contributed by atoms with Gasteiger partial charge in [0.15, 0.2) is 5.65 Å². The second-order valence-electron chi connectivity index (χ2n) is 5.67. The first-order chi connectivity index (χ1) is 11.3. The molecule has 1 N–H and O–H groups in total. The van der Waals surface area contributed by atoms with Gasteiger partial charge in [0.2, 0.25) is 5.82 Å². The van der Waals surface area contributed by atoms with Crippen molar-refractivity contribution >= 4 is 28.4 Å². The second-order valence-corrected chi connectivity index (χ2v) is 6.90. The van der Waals surface area contributed by atoms with Gasteiger partial charge in [-0.05, 0) is 18.1 Å². The summed E-state index contributed by atoms with van der Waals surface area (Å²) in [5.74, 6) is -0.957. The number of benzene rings is 1. The van der Waals surface area contributed by atoms with Crippen LogP contribution in [-0.2, 0) is 6.18 Å². The van der Waals surface area contributed by atoms with E-state index in [1.165, 1.54) is 11.8 Å². The zero-order valence-corrected chi connectivity index (χ0v) is 13.8. The first-order valence-electron chi connectivity index (χ1n) is 7.31. The van der Waals surface area contributed by atoms with E-state index in [4.69, 9.17) is 0 Å². The lowest BCUT2D eigenvalue weighted by Gasteiger charge is -2.17. The lowest BCUT2D eigenvalue weighted by Crippen LogP contribution is -2.16. The second kappa shape index (κ2) is 6.21. The first kappa shape index (κ1) is 17.0. The Kier molecular flexibility index (Phi) is 4.39. The largest absolute Gasteiger partial charge is 0.452 e. The van der Waals surface area contributed by atoms with Crippen LogP contribution in [0.4, 0.5) is 13.2 Å². The van der Waals surface area contributed by atoms with Gasteiger partial charge in [0.05, 0.1) is 17.6 Å². The number of rotatable bonds is 4. The quantitative estimate of drug-likeness (QED) is 0.726. The van der Waals surface area contributed by atoms with Gasteiger partial charge < -0.3 is 5.11 Å². The SMILES string of the molecule is CC(C)C(CO)Sc1nc2ccccc2n2c(C(F)(F)F)nnc12. The summed E-state index contributed by atoms with van der Waals surface area (Å²) in [6.45, 7) is 3.75. The van der Waals surface area contributed by atoms with Crippen molar-refractivity contribution < 1.29 is 18.3 Å². The van der Waals surface area contributed by atoms with Gasteiger partial charge in [-0.1, -0.05) is 37.7 Å². The minimum atomic E-state index is -4.63. The summed E-state index contributed by atoms with van der Waals surface area (Å²) in [7, 11) is 0. The molecule has 3 rings (SSSR count). The zero-order chi connectivity index (χ0) is 17.5. The van der Waals surface area contributed by atoms with E-state index in [-0.39, 0.29) is 23.4 Å². The molecule has 1 atom stereocenters. The van der Waals surface area contributed by atoms with Crippen LogP contribution in [0.5, 0.6) is 0 Å². The molecule has 0 amide bonds. The molecule has 2 heterocycles. The molecule has 0 saturated carbocycles. The first-order valence-corrected chi connectivity index (χ1v) is 8.19. The highest BCUT2D eigenvalue weighted by Crippen LogP contribution is 2.35. The van der Waals surface area contributed by atoms with Gasteiger partial charge in [-0.15, -0.1) is 10.2 Å². The zero-order valence-electron chi connectivity index (χ0n) is 12.9. The summed E-state index contributed by atoms with van der Waals surface area (Å²) in [5.41, 5.74) is 0.752. The third-order valence-electron chi connectivity index (χ3n) is 3.64. The number of halogens is 3. The summed E-state index contributed by atoms with van der Waals surface area (Å²) in [5, 5.41) is 16.7. The average molecular weight is 356 g/mol. The van der Waals surface area contributed by atoms with Crippen LogP contribution < -0.4 is 0 Å². The van der Waals surface area contributed by atoms with Crippen molar-refractivity contribution in [1.82, 2.24) is 19.6 Å². The molecule has 24 heavy (non-hydrogen) atoms.